The van der Waals surface area contributed by atoms with Gasteiger partial charge in [-0.15, -0.1) is 11.3 Å². The summed E-state index contributed by atoms with van der Waals surface area (Å²) in [5, 5.41) is 13.7. The van der Waals surface area contributed by atoms with Gasteiger partial charge in [0.15, 0.2) is 11.6 Å². The molecule has 302 valence electrons. The number of fused-ring (bicyclic) bond motifs is 6. The van der Waals surface area contributed by atoms with Crippen molar-refractivity contribution < 1.29 is 32.6 Å². The lowest BCUT2D eigenvalue weighted by Crippen LogP contribution is -2.56. The molecule has 3 fully saturated rings. The Morgan fingerprint density at radius 1 is 0.982 bits per heavy atom. The van der Waals surface area contributed by atoms with Crippen LogP contribution in [0.5, 0.6) is 0 Å². The zero-order valence-electron chi connectivity index (χ0n) is 33.5. The molecule has 14 nitrogen and oxygen atoms in total. The summed E-state index contributed by atoms with van der Waals surface area (Å²) in [7, 11) is 4.06. The molecule has 8 rings (SSSR count). The second-order valence-electron chi connectivity index (χ2n) is 17.4. The highest BCUT2D eigenvalue weighted by Gasteiger charge is 2.45. The van der Waals surface area contributed by atoms with Crippen molar-refractivity contribution in [2.24, 2.45) is 0 Å². The number of thiophene rings is 1. The van der Waals surface area contributed by atoms with E-state index in [1.807, 2.05) is 34.9 Å². The number of nitrogens with zero attached hydrogens (tertiary/aromatic N) is 8. The van der Waals surface area contributed by atoms with Crippen LogP contribution in [0.15, 0.2) is 6.20 Å². The molecule has 4 aliphatic rings. The lowest BCUT2D eigenvalue weighted by atomic mass is 9.93. The van der Waals surface area contributed by atoms with Crippen molar-refractivity contribution in [2.75, 3.05) is 55.4 Å². The Hall–Kier alpha value is -4.92. The molecule has 4 aliphatic heterocycles. The van der Waals surface area contributed by atoms with Crippen molar-refractivity contribution in [3.63, 3.8) is 0 Å². The van der Waals surface area contributed by atoms with Gasteiger partial charge >= 0.3 is 12.2 Å². The summed E-state index contributed by atoms with van der Waals surface area (Å²) in [4.78, 5) is 48.9. The molecule has 3 saturated heterocycles. The SMILES string of the molecule is CN(C)C1CCN(c2nc(N3C4CCC3CN(C(=O)OC(C)(C)C)C4)c3c4c(c(-c5ncc(F)c6sc(NC(=O)OC(C)(C)C)c(C#N)c56)c(F)c3n2)COC4)C1. The van der Waals surface area contributed by atoms with Crippen LogP contribution in [0.3, 0.4) is 0 Å². The Bertz CT molecular complexity index is 2340. The van der Waals surface area contributed by atoms with E-state index in [1.54, 1.807) is 25.7 Å². The maximum atomic E-state index is 17.9. The van der Waals surface area contributed by atoms with E-state index in [0.29, 0.717) is 54.5 Å². The van der Waals surface area contributed by atoms with E-state index in [0.717, 1.165) is 36.8 Å². The molecule has 7 heterocycles. The Morgan fingerprint density at radius 2 is 1.67 bits per heavy atom. The summed E-state index contributed by atoms with van der Waals surface area (Å²) in [5.74, 6) is -0.451. The highest BCUT2D eigenvalue weighted by Crippen LogP contribution is 2.49. The molecular weight excluding hydrogens is 757 g/mol. The second-order valence-corrected chi connectivity index (χ2v) is 18.5. The van der Waals surface area contributed by atoms with Crippen LogP contribution in [0.2, 0.25) is 0 Å². The number of likely N-dealkylation sites (N-methyl/N-ethyl adjacent to an activating group) is 1. The zero-order chi connectivity index (χ0) is 40.7. The van der Waals surface area contributed by atoms with Crippen LogP contribution < -0.4 is 15.1 Å². The first-order chi connectivity index (χ1) is 26.9. The van der Waals surface area contributed by atoms with Gasteiger partial charge in [0.25, 0.3) is 0 Å². The van der Waals surface area contributed by atoms with Gasteiger partial charge in [0.1, 0.15) is 33.6 Å². The average molecular weight is 804 g/mol. The van der Waals surface area contributed by atoms with Crippen LogP contribution in [0, 0.1) is 23.0 Å². The first-order valence-electron chi connectivity index (χ1n) is 19.2. The number of anilines is 3. The molecule has 1 N–H and O–H groups in total. The molecule has 0 saturated carbocycles. The number of aromatic nitrogens is 3. The Kier molecular flexibility index (Phi) is 9.68. The summed E-state index contributed by atoms with van der Waals surface area (Å²) >= 11 is 0.853. The van der Waals surface area contributed by atoms with Gasteiger partial charge in [-0.1, -0.05) is 0 Å². The van der Waals surface area contributed by atoms with Gasteiger partial charge < -0.3 is 33.8 Å². The molecule has 0 radical (unpaired) electrons. The monoisotopic (exact) mass is 803 g/mol. The molecule has 57 heavy (non-hydrogen) atoms. The fourth-order valence-corrected chi connectivity index (χ4v) is 9.53. The van der Waals surface area contributed by atoms with Crippen molar-refractivity contribution in [1.29, 1.82) is 5.26 Å². The summed E-state index contributed by atoms with van der Waals surface area (Å²) in [6, 6.07) is 2.14. The number of carbonyl (C=O) groups is 2. The normalized spacial score (nSPS) is 20.8. The zero-order valence-corrected chi connectivity index (χ0v) is 34.3. The Morgan fingerprint density at radius 3 is 2.30 bits per heavy atom. The first-order valence-corrected chi connectivity index (χ1v) is 20.1. The van der Waals surface area contributed by atoms with Crippen LogP contribution in [0.25, 0.3) is 32.2 Å². The number of hydrogen-bond donors (Lipinski definition) is 1. The molecule has 3 aromatic heterocycles. The predicted octanol–water partition coefficient (Wildman–Crippen LogP) is 7.16. The molecule has 0 spiro atoms. The van der Waals surface area contributed by atoms with Gasteiger partial charge in [-0.05, 0) is 86.0 Å². The number of nitrogens with one attached hydrogen (secondary N) is 1. The molecule has 17 heteroatoms. The number of likely N-dealkylation sites (tertiary alicyclic amines) is 1. The number of halogens is 2. The van der Waals surface area contributed by atoms with Crippen molar-refractivity contribution >= 4 is 61.3 Å². The van der Waals surface area contributed by atoms with E-state index in [4.69, 9.17) is 24.2 Å². The Labute approximate surface area is 333 Å². The van der Waals surface area contributed by atoms with E-state index >= 15 is 8.78 Å². The van der Waals surface area contributed by atoms with E-state index in [1.165, 1.54) is 0 Å². The van der Waals surface area contributed by atoms with Crippen LogP contribution >= 0.6 is 11.3 Å². The van der Waals surface area contributed by atoms with Gasteiger partial charge in [-0.25, -0.2) is 23.4 Å². The fraction of sp³-hybridized carbons (Fsp3) is 0.550. The van der Waals surface area contributed by atoms with Gasteiger partial charge in [-0.3, -0.25) is 10.3 Å². The molecule has 3 unspecified atom stereocenters. The molecule has 1 aromatic carbocycles. The molecule has 2 bridgehead atoms. The standard InChI is InChI=1S/C40H47F2N9O5S/c1-39(2,3)55-37(52)47-35-23(13-43)28-31(44-14-26(41)33(28)57-35)27-24-18-54-19-25(24)29-32(30(27)42)45-36(49-12-11-20(15-49)48(7)8)46-34(29)51-21-9-10-22(51)17-50(16-21)38(53)56-40(4,5)6/h14,20-22H,9-12,15-19H2,1-8H3,(H,47,52). The minimum atomic E-state index is -0.826. The van der Waals surface area contributed by atoms with E-state index in [-0.39, 0.29) is 74.9 Å². The summed E-state index contributed by atoms with van der Waals surface area (Å²) in [5.41, 5.74) is -0.180. The molecule has 2 amide bonds. The number of nitriles is 1. The predicted molar refractivity (Wildman–Crippen MR) is 213 cm³/mol. The lowest BCUT2D eigenvalue weighted by Gasteiger charge is -2.42. The van der Waals surface area contributed by atoms with Crippen molar-refractivity contribution in [3.8, 4) is 17.3 Å². The number of benzene rings is 1. The number of pyridine rings is 1. The third-order valence-corrected chi connectivity index (χ3v) is 12.1. The third-order valence-electron chi connectivity index (χ3n) is 11.0. The number of rotatable bonds is 5. The van der Waals surface area contributed by atoms with E-state index < -0.39 is 28.9 Å². The molecule has 3 atom stereocenters. The first kappa shape index (κ1) is 38.9. The quantitative estimate of drug-likeness (QED) is 0.218. The van der Waals surface area contributed by atoms with Crippen LogP contribution in [0.1, 0.15) is 77.5 Å². The summed E-state index contributed by atoms with van der Waals surface area (Å²) in [6.45, 7) is 13.0. The highest BCUT2D eigenvalue weighted by atomic mass is 32.1. The van der Waals surface area contributed by atoms with Crippen molar-refractivity contribution in [2.45, 2.75) is 103 Å². The maximum absolute atomic E-state index is 17.9. The van der Waals surface area contributed by atoms with Gasteiger partial charge in [0.2, 0.25) is 5.95 Å². The number of ether oxygens (including phenoxy) is 3. The van der Waals surface area contributed by atoms with Crippen LogP contribution in [-0.2, 0) is 27.4 Å². The van der Waals surface area contributed by atoms with Gasteiger partial charge in [0.05, 0.1) is 40.8 Å². The molecular formula is C40H47F2N9O5S. The summed E-state index contributed by atoms with van der Waals surface area (Å²) < 4.78 is 50.7. The minimum absolute atomic E-state index is 0.0320. The largest absolute Gasteiger partial charge is 0.444 e. The lowest BCUT2D eigenvalue weighted by molar-refractivity contribution is 0.0209. The smallest absolute Gasteiger partial charge is 0.412 e. The summed E-state index contributed by atoms with van der Waals surface area (Å²) in [6.07, 6.45) is 2.31. The molecule has 0 aliphatic carbocycles. The van der Waals surface area contributed by atoms with Crippen LogP contribution in [0.4, 0.5) is 35.1 Å². The minimum Gasteiger partial charge on any atom is -0.444 e. The van der Waals surface area contributed by atoms with Crippen LogP contribution in [-0.4, -0.2) is 107 Å². The second kappa shape index (κ2) is 14.2. The Balaban J connectivity index is 1.31. The number of piperazine rings is 1. The topological polar surface area (TPSA) is 149 Å². The highest BCUT2D eigenvalue weighted by molar-refractivity contribution is 7.23. The van der Waals surface area contributed by atoms with E-state index in [2.05, 4.69) is 31.1 Å². The van der Waals surface area contributed by atoms with Gasteiger partial charge in [0, 0.05) is 55.3 Å². The molecule has 4 aromatic rings. The number of hydrogen-bond acceptors (Lipinski definition) is 13. The number of amides is 2. The number of carbonyl (C=O) groups excluding carboxylic acids is 2. The van der Waals surface area contributed by atoms with E-state index in [9.17, 15) is 14.9 Å². The van der Waals surface area contributed by atoms with Crippen molar-refractivity contribution in [1.82, 2.24) is 24.8 Å². The van der Waals surface area contributed by atoms with Crippen molar-refractivity contribution in [3.05, 3.63) is 34.5 Å². The van der Waals surface area contributed by atoms with Gasteiger partial charge in [-0.2, -0.15) is 10.2 Å². The fourth-order valence-electron chi connectivity index (χ4n) is 8.50. The average Bonchev–Trinajstić information content (AvgIpc) is 3.92. The third kappa shape index (κ3) is 7.05. The maximum Gasteiger partial charge on any atom is 0.412 e.